The van der Waals surface area contributed by atoms with Crippen molar-refractivity contribution in [3.05, 3.63) is 54.9 Å². The highest BCUT2D eigenvalue weighted by atomic mass is 16.2. The Bertz CT molecular complexity index is 606. The zero-order valence-corrected chi connectivity index (χ0v) is 8.94. The number of ketones is 1. The van der Waals surface area contributed by atoms with Crippen LogP contribution >= 0.6 is 0 Å². The first kappa shape index (κ1) is 12.0. The molecule has 0 amide bonds. The quantitative estimate of drug-likeness (QED) is 0.600. The Hall–Kier alpha value is -2.10. The van der Waals surface area contributed by atoms with Gasteiger partial charge in [0, 0.05) is 10.8 Å². The van der Waals surface area contributed by atoms with Crippen molar-refractivity contribution in [2.24, 2.45) is 0 Å². The first-order valence-electron chi connectivity index (χ1n) is 4.64. The summed E-state index contributed by atoms with van der Waals surface area (Å²) in [6.07, 6.45) is 0. The van der Waals surface area contributed by atoms with E-state index in [-0.39, 0.29) is 16.6 Å². The third kappa shape index (κ3) is 2.28. The van der Waals surface area contributed by atoms with Crippen LogP contribution in [0.25, 0.3) is 10.8 Å². The lowest BCUT2D eigenvalue weighted by molar-refractivity contribution is -0.114. The third-order valence-electron chi connectivity index (χ3n) is 1.83. The number of fused-ring (bicyclic) bond motifs is 1. The maximum Gasteiger partial charge on any atom is 0.273 e. The van der Waals surface area contributed by atoms with Crippen molar-refractivity contribution >= 4 is 16.6 Å². The Kier molecular flexibility index (Phi) is 3.45. The van der Waals surface area contributed by atoms with Crippen molar-refractivity contribution in [3.63, 3.8) is 0 Å². The van der Waals surface area contributed by atoms with Gasteiger partial charge >= 0.3 is 0 Å². The van der Waals surface area contributed by atoms with E-state index in [0.29, 0.717) is 0 Å². The van der Waals surface area contributed by atoms with Gasteiger partial charge in [-0.1, -0.05) is 24.3 Å². The van der Waals surface area contributed by atoms with Crippen LogP contribution in [0.5, 0.6) is 0 Å². The van der Waals surface area contributed by atoms with Crippen LogP contribution < -0.4 is 16.3 Å². The SMILES string of the molecule is CC(C)=O.O=c1c(=O)c2ccccc2c1=O. The van der Waals surface area contributed by atoms with Crippen LogP contribution in [0.15, 0.2) is 38.6 Å². The van der Waals surface area contributed by atoms with Crippen molar-refractivity contribution in [3.8, 4) is 0 Å². The maximum absolute atomic E-state index is 11.0. The van der Waals surface area contributed by atoms with Crippen molar-refractivity contribution in [1.82, 2.24) is 0 Å². The molecule has 2 aromatic rings. The number of hydrogen-bond acceptors (Lipinski definition) is 4. The molecule has 0 aliphatic heterocycles. The molecular formula is C12H10O4. The Morgan fingerprint density at radius 3 is 1.44 bits per heavy atom. The van der Waals surface area contributed by atoms with E-state index in [1.807, 2.05) is 0 Å². The van der Waals surface area contributed by atoms with E-state index in [9.17, 15) is 19.2 Å². The number of rotatable bonds is 0. The summed E-state index contributed by atoms with van der Waals surface area (Å²) in [5.74, 6) is 0.167. The minimum Gasteiger partial charge on any atom is -0.300 e. The van der Waals surface area contributed by atoms with E-state index in [1.54, 1.807) is 12.1 Å². The van der Waals surface area contributed by atoms with Gasteiger partial charge in [-0.25, -0.2) is 0 Å². The van der Waals surface area contributed by atoms with Gasteiger partial charge in [0.2, 0.25) is 10.9 Å². The lowest BCUT2D eigenvalue weighted by Gasteiger charge is -1.81. The Morgan fingerprint density at radius 1 is 0.812 bits per heavy atom. The second-order valence-electron chi connectivity index (χ2n) is 3.44. The smallest absolute Gasteiger partial charge is 0.273 e. The molecule has 0 spiro atoms. The molecule has 0 radical (unpaired) electrons. The van der Waals surface area contributed by atoms with Crippen LogP contribution in [-0.2, 0) is 4.79 Å². The zero-order chi connectivity index (χ0) is 12.3. The predicted octanol–water partition coefficient (Wildman–Crippen LogP) is 0.391. The summed E-state index contributed by atoms with van der Waals surface area (Å²) in [7, 11) is 0. The summed E-state index contributed by atoms with van der Waals surface area (Å²) >= 11 is 0. The van der Waals surface area contributed by atoms with Gasteiger partial charge in [-0.15, -0.1) is 0 Å². The van der Waals surface area contributed by atoms with Crippen molar-refractivity contribution in [1.29, 1.82) is 0 Å². The van der Waals surface area contributed by atoms with Crippen LogP contribution in [-0.4, -0.2) is 5.78 Å². The number of hydrogen-bond donors (Lipinski definition) is 0. The van der Waals surface area contributed by atoms with E-state index >= 15 is 0 Å². The summed E-state index contributed by atoms with van der Waals surface area (Å²) in [6.45, 7) is 3.06. The van der Waals surface area contributed by atoms with Crippen molar-refractivity contribution < 1.29 is 4.79 Å². The van der Waals surface area contributed by atoms with Crippen molar-refractivity contribution in [2.75, 3.05) is 0 Å². The molecule has 2 rings (SSSR count). The molecule has 2 aromatic carbocycles. The standard InChI is InChI=1S/C9H4O3.C3H6O/c10-7-5-3-1-2-4-6(5)8(11)9(7)12;1-3(2)4/h1-4H;1-2H3. The molecule has 0 saturated carbocycles. The molecular weight excluding hydrogens is 208 g/mol. The first-order valence-corrected chi connectivity index (χ1v) is 4.64. The lowest BCUT2D eigenvalue weighted by atomic mass is 10.2. The largest absolute Gasteiger partial charge is 0.300 e. The van der Waals surface area contributed by atoms with Gasteiger partial charge in [0.25, 0.3) is 5.43 Å². The van der Waals surface area contributed by atoms with Crippen LogP contribution in [0.2, 0.25) is 0 Å². The Labute approximate surface area is 90.8 Å². The van der Waals surface area contributed by atoms with Gasteiger partial charge in [-0.3, -0.25) is 14.4 Å². The van der Waals surface area contributed by atoms with Gasteiger partial charge in [0.15, 0.2) is 0 Å². The number of benzene rings is 1. The van der Waals surface area contributed by atoms with E-state index in [4.69, 9.17) is 0 Å². The molecule has 0 bridgehead atoms. The molecule has 82 valence electrons. The molecule has 0 aliphatic rings. The molecule has 0 aromatic heterocycles. The minimum absolute atomic E-state index is 0.167. The zero-order valence-electron chi connectivity index (χ0n) is 8.94. The highest BCUT2D eigenvalue weighted by Gasteiger charge is 2.09. The van der Waals surface area contributed by atoms with Crippen LogP contribution in [0.3, 0.4) is 0 Å². The second kappa shape index (κ2) is 4.61. The highest BCUT2D eigenvalue weighted by molar-refractivity contribution is 5.83. The molecule has 16 heavy (non-hydrogen) atoms. The van der Waals surface area contributed by atoms with Crippen molar-refractivity contribution in [2.45, 2.75) is 13.8 Å². The van der Waals surface area contributed by atoms with E-state index < -0.39 is 16.3 Å². The van der Waals surface area contributed by atoms with Gasteiger partial charge < -0.3 is 4.79 Å². The molecule has 4 heteroatoms. The van der Waals surface area contributed by atoms with E-state index in [1.165, 1.54) is 26.0 Å². The fraction of sp³-hybridized carbons (Fsp3) is 0.167. The van der Waals surface area contributed by atoms with Crippen LogP contribution in [0.1, 0.15) is 13.8 Å². The lowest BCUT2D eigenvalue weighted by Crippen LogP contribution is -2.29. The Morgan fingerprint density at radius 2 is 1.12 bits per heavy atom. The normalized spacial score (nSPS) is 9.62. The van der Waals surface area contributed by atoms with Gasteiger partial charge in [0.1, 0.15) is 5.78 Å². The van der Waals surface area contributed by atoms with E-state index in [2.05, 4.69) is 0 Å². The van der Waals surface area contributed by atoms with Crippen LogP contribution in [0, 0.1) is 0 Å². The molecule has 4 nitrogen and oxygen atoms in total. The highest BCUT2D eigenvalue weighted by Crippen LogP contribution is 2.01. The average molecular weight is 218 g/mol. The monoisotopic (exact) mass is 218 g/mol. The average Bonchev–Trinajstić information content (AvgIpc) is 2.44. The molecule has 0 atom stereocenters. The minimum atomic E-state index is -0.920. The maximum atomic E-state index is 11.0. The summed E-state index contributed by atoms with van der Waals surface area (Å²) in [5, 5.41) is 0.458. The summed E-state index contributed by atoms with van der Waals surface area (Å²) in [5.41, 5.74) is -2.29. The molecule has 0 saturated heterocycles. The molecule has 0 heterocycles. The molecule has 0 fully saturated rings. The van der Waals surface area contributed by atoms with Gasteiger partial charge in [0.05, 0.1) is 0 Å². The second-order valence-corrected chi connectivity index (χ2v) is 3.44. The number of Topliss-reactive ketones (excluding diaryl/α,β-unsaturated/α-hetero) is 1. The van der Waals surface area contributed by atoms with Crippen LogP contribution in [0.4, 0.5) is 0 Å². The number of carbonyl (C=O) groups excluding carboxylic acids is 1. The summed E-state index contributed by atoms with van der Waals surface area (Å²) < 4.78 is 0. The summed E-state index contributed by atoms with van der Waals surface area (Å²) in [6, 6.07) is 6.23. The van der Waals surface area contributed by atoms with Gasteiger partial charge in [-0.2, -0.15) is 0 Å². The predicted molar refractivity (Wildman–Crippen MR) is 61.5 cm³/mol. The first-order chi connectivity index (χ1) is 7.45. The third-order valence-corrected chi connectivity index (χ3v) is 1.83. The van der Waals surface area contributed by atoms with Gasteiger partial charge in [-0.05, 0) is 13.8 Å². The Balaban J connectivity index is 0.000000280. The fourth-order valence-corrected chi connectivity index (χ4v) is 1.23. The fourth-order valence-electron chi connectivity index (χ4n) is 1.23. The topological polar surface area (TPSA) is 68.3 Å². The van der Waals surface area contributed by atoms with E-state index in [0.717, 1.165) is 0 Å². The molecule has 0 N–H and O–H groups in total. The molecule has 0 aliphatic carbocycles. The summed E-state index contributed by atoms with van der Waals surface area (Å²) in [4.78, 5) is 42.4. The molecule has 0 unspecified atom stereocenters. The number of carbonyl (C=O) groups is 1.